The van der Waals surface area contributed by atoms with E-state index >= 15 is 0 Å². The first kappa shape index (κ1) is 16.1. The van der Waals surface area contributed by atoms with Crippen molar-refractivity contribution < 1.29 is 13.5 Å². The lowest BCUT2D eigenvalue weighted by Gasteiger charge is -2.34. The number of hydrogen-bond acceptors (Lipinski definition) is 6. The molecule has 21 heavy (non-hydrogen) atoms. The molecular formula is C13H22N4O3S. The van der Waals surface area contributed by atoms with Crippen molar-refractivity contribution in [2.45, 2.75) is 43.5 Å². The third kappa shape index (κ3) is 3.69. The van der Waals surface area contributed by atoms with Gasteiger partial charge in [-0.1, -0.05) is 6.42 Å². The zero-order chi connectivity index (χ0) is 15.3. The molecule has 0 saturated carbocycles. The summed E-state index contributed by atoms with van der Waals surface area (Å²) < 4.78 is 26.9. The van der Waals surface area contributed by atoms with Crippen molar-refractivity contribution in [2.75, 3.05) is 25.0 Å². The van der Waals surface area contributed by atoms with Crippen LogP contribution in [0.25, 0.3) is 0 Å². The van der Waals surface area contributed by atoms with Crippen LogP contribution in [-0.4, -0.2) is 53.5 Å². The van der Waals surface area contributed by atoms with Crippen LogP contribution in [0.4, 0.5) is 5.95 Å². The molecule has 0 aromatic carbocycles. The molecule has 0 amide bonds. The minimum absolute atomic E-state index is 0.00740. The van der Waals surface area contributed by atoms with Gasteiger partial charge >= 0.3 is 0 Å². The molecule has 1 unspecified atom stereocenters. The second-order valence-electron chi connectivity index (χ2n) is 5.05. The molecule has 1 aliphatic rings. The molecule has 7 nitrogen and oxygen atoms in total. The van der Waals surface area contributed by atoms with Crippen LogP contribution >= 0.6 is 0 Å². The first-order chi connectivity index (χ1) is 10.1. The highest BCUT2D eigenvalue weighted by Crippen LogP contribution is 2.26. The topological polar surface area (TPSA) is 95.4 Å². The molecule has 2 heterocycles. The van der Waals surface area contributed by atoms with E-state index in [4.69, 9.17) is 5.11 Å². The minimum Gasteiger partial charge on any atom is -0.396 e. The molecule has 2 rings (SSSR count). The summed E-state index contributed by atoms with van der Waals surface area (Å²) in [6.45, 7) is 3.08. The Bertz CT molecular complexity index is 545. The van der Waals surface area contributed by atoms with Gasteiger partial charge < -0.3 is 10.4 Å². The van der Waals surface area contributed by atoms with E-state index in [2.05, 4.69) is 15.3 Å². The zero-order valence-corrected chi connectivity index (χ0v) is 13.0. The van der Waals surface area contributed by atoms with E-state index in [1.54, 1.807) is 0 Å². The second-order valence-corrected chi connectivity index (χ2v) is 6.94. The summed E-state index contributed by atoms with van der Waals surface area (Å²) in [7, 11) is -3.60. The highest BCUT2D eigenvalue weighted by molar-refractivity contribution is 7.89. The van der Waals surface area contributed by atoms with E-state index in [-0.39, 0.29) is 17.5 Å². The van der Waals surface area contributed by atoms with E-state index in [9.17, 15) is 8.42 Å². The fourth-order valence-corrected chi connectivity index (χ4v) is 4.18. The lowest BCUT2D eigenvalue weighted by Crippen LogP contribution is -2.44. The van der Waals surface area contributed by atoms with Crippen molar-refractivity contribution in [1.82, 2.24) is 14.3 Å². The van der Waals surface area contributed by atoms with Gasteiger partial charge in [-0.05, 0) is 26.2 Å². The molecule has 0 bridgehead atoms. The third-order valence-corrected chi connectivity index (χ3v) is 5.51. The number of aliphatic hydroxyl groups excluding tert-OH is 1. The van der Waals surface area contributed by atoms with Crippen LogP contribution in [0.5, 0.6) is 0 Å². The summed E-state index contributed by atoms with van der Waals surface area (Å²) in [4.78, 5) is 8.15. The zero-order valence-electron chi connectivity index (χ0n) is 12.2. The van der Waals surface area contributed by atoms with Gasteiger partial charge in [-0.15, -0.1) is 0 Å². The molecule has 1 atom stereocenters. The van der Waals surface area contributed by atoms with Crippen LogP contribution in [0.15, 0.2) is 17.3 Å². The Balaban J connectivity index is 2.22. The number of sulfonamides is 1. The Morgan fingerprint density at radius 2 is 2.10 bits per heavy atom. The van der Waals surface area contributed by atoms with E-state index < -0.39 is 10.0 Å². The Kier molecular flexibility index (Phi) is 5.49. The van der Waals surface area contributed by atoms with Gasteiger partial charge in [-0.25, -0.2) is 18.4 Å². The number of aromatic nitrogens is 2. The van der Waals surface area contributed by atoms with Gasteiger partial charge in [0, 0.05) is 25.7 Å². The quantitative estimate of drug-likeness (QED) is 0.807. The van der Waals surface area contributed by atoms with Crippen molar-refractivity contribution in [3.63, 3.8) is 0 Å². The van der Waals surface area contributed by atoms with Crippen molar-refractivity contribution >= 4 is 16.0 Å². The Hall–Kier alpha value is -1.25. The number of anilines is 1. The number of rotatable bonds is 6. The molecule has 1 saturated heterocycles. The predicted octanol–water partition coefficient (Wildman–Crippen LogP) is 0.834. The summed E-state index contributed by atoms with van der Waals surface area (Å²) in [5.74, 6) is 0.419. The Morgan fingerprint density at radius 3 is 2.71 bits per heavy atom. The largest absolute Gasteiger partial charge is 0.396 e. The molecular weight excluding hydrogens is 292 g/mol. The first-order valence-electron chi connectivity index (χ1n) is 7.28. The van der Waals surface area contributed by atoms with E-state index in [0.29, 0.717) is 25.5 Å². The fraction of sp³-hybridized carbons (Fsp3) is 0.692. The predicted molar refractivity (Wildman–Crippen MR) is 79.4 cm³/mol. The van der Waals surface area contributed by atoms with Crippen LogP contribution in [0.1, 0.15) is 32.6 Å². The Labute approximate surface area is 125 Å². The fourth-order valence-electron chi connectivity index (χ4n) is 2.56. The van der Waals surface area contributed by atoms with Crippen LogP contribution in [0, 0.1) is 0 Å². The maximum absolute atomic E-state index is 12.7. The van der Waals surface area contributed by atoms with Crippen LogP contribution < -0.4 is 5.32 Å². The molecule has 1 aromatic heterocycles. The van der Waals surface area contributed by atoms with Crippen molar-refractivity contribution in [3.05, 3.63) is 12.4 Å². The second kappa shape index (κ2) is 7.15. The molecule has 0 aliphatic carbocycles. The van der Waals surface area contributed by atoms with E-state index in [1.807, 2.05) is 6.92 Å². The average Bonchev–Trinajstić information content (AvgIpc) is 2.49. The summed E-state index contributed by atoms with van der Waals surface area (Å²) in [5.41, 5.74) is 0. The number of aliphatic hydroxyl groups is 1. The van der Waals surface area contributed by atoms with Gasteiger partial charge in [0.15, 0.2) is 0 Å². The molecule has 8 heteroatoms. The molecule has 1 aliphatic heterocycles. The van der Waals surface area contributed by atoms with Crippen molar-refractivity contribution in [3.8, 4) is 0 Å². The summed E-state index contributed by atoms with van der Waals surface area (Å²) in [5, 5.41) is 12.0. The maximum Gasteiger partial charge on any atom is 0.246 e. The van der Waals surface area contributed by atoms with E-state index in [0.717, 1.165) is 19.3 Å². The number of piperidine rings is 1. The van der Waals surface area contributed by atoms with Gasteiger partial charge in [-0.2, -0.15) is 4.31 Å². The standard InChI is InChI=1S/C13H22N4O3S/c1-2-14-13-15-9-12(10-16-13)21(19,20)17-7-4-3-5-11(17)6-8-18/h9-11,18H,2-8H2,1H3,(H,14,15,16). The van der Waals surface area contributed by atoms with Crippen molar-refractivity contribution in [2.24, 2.45) is 0 Å². The summed E-state index contributed by atoms with van der Waals surface area (Å²) in [6.07, 6.45) is 5.77. The van der Waals surface area contributed by atoms with Crippen molar-refractivity contribution in [1.29, 1.82) is 0 Å². The molecule has 118 valence electrons. The van der Waals surface area contributed by atoms with Gasteiger partial charge in [0.2, 0.25) is 16.0 Å². The van der Waals surface area contributed by atoms with Gasteiger partial charge in [0.25, 0.3) is 0 Å². The van der Waals surface area contributed by atoms with E-state index in [1.165, 1.54) is 16.7 Å². The van der Waals surface area contributed by atoms with Crippen LogP contribution in [0.3, 0.4) is 0 Å². The van der Waals surface area contributed by atoms with Crippen LogP contribution in [0.2, 0.25) is 0 Å². The lowest BCUT2D eigenvalue weighted by molar-refractivity contribution is 0.192. The average molecular weight is 314 g/mol. The molecule has 2 N–H and O–H groups in total. The Morgan fingerprint density at radius 1 is 1.38 bits per heavy atom. The SMILES string of the molecule is CCNc1ncc(S(=O)(=O)N2CCCCC2CCO)cn1. The lowest BCUT2D eigenvalue weighted by atomic mass is 10.0. The molecule has 0 radical (unpaired) electrons. The highest BCUT2D eigenvalue weighted by atomic mass is 32.2. The summed E-state index contributed by atoms with van der Waals surface area (Å²) >= 11 is 0. The highest BCUT2D eigenvalue weighted by Gasteiger charge is 2.33. The van der Waals surface area contributed by atoms with Gasteiger partial charge in [-0.3, -0.25) is 0 Å². The molecule has 1 fully saturated rings. The maximum atomic E-state index is 12.7. The normalized spacial score (nSPS) is 20.4. The molecule has 1 aromatic rings. The smallest absolute Gasteiger partial charge is 0.246 e. The van der Waals surface area contributed by atoms with Crippen LogP contribution in [-0.2, 0) is 10.0 Å². The van der Waals surface area contributed by atoms with Gasteiger partial charge in [0.05, 0.1) is 12.4 Å². The number of hydrogen-bond donors (Lipinski definition) is 2. The third-order valence-electron chi connectivity index (χ3n) is 3.61. The summed E-state index contributed by atoms with van der Waals surface area (Å²) in [6, 6.07) is -0.137. The van der Waals surface area contributed by atoms with Gasteiger partial charge in [0.1, 0.15) is 4.90 Å². The molecule has 0 spiro atoms. The monoisotopic (exact) mass is 314 g/mol. The number of nitrogens with one attached hydrogen (secondary N) is 1. The minimum atomic E-state index is -3.60. The first-order valence-corrected chi connectivity index (χ1v) is 8.72. The number of nitrogens with zero attached hydrogens (tertiary/aromatic N) is 3.